The minimum absolute atomic E-state index is 0.0297. The maximum absolute atomic E-state index is 13.1. The van der Waals surface area contributed by atoms with Gasteiger partial charge < -0.3 is 10.4 Å². The van der Waals surface area contributed by atoms with Crippen molar-refractivity contribution in [2.45, 2.75) is 18.6 Å². The number of aliphatic hydroxyl groups excluding tert-OH is 1. The van der Waals surface area contributed by atoms with Crippen molar-refractivity contribution >= 4 is 5.91 Å². The molecule has 2 unspecified atom stereocenters. The topological polar surface area (TPSA) is 84.2 Å². The van der Waals surface area contributed by atoms with Crippen LogP contribution in [0.2, 0.25) is 0 Å². The summed E-state index contributed by atoms with van der Waals surface area (Å²) in [5.41, 5.74) is 1.73. The molecule has 0 bridgehead atoms. The van der Waals surface area contributed by atoms with Crippen molar-refractivity contribution in [1.29, 1.82) is 0 Å². The number of hydrogen-bond acceptors (Lipinski definition) is 4. The van der Waals surface area contributed by atoms with Crippen molar-refractivity contribution in [2.75, 3.05) is 0 Å². The van der Waals surface area contributed by atoms with Gasteiger partial charge in [-0.2, -0.15) is 9.78 Å². The minimum Gasteiger partial charge on any atom is -0.386 e. The number of aromatic nitrogens is 2. The molecule has 4 rings (SSSR count). The highest BCUT2D eigenvalue weighted by molar-refractivity contribution is 5.92. The first-order valence-corrected chi connectivity index (χ1v) is 8.46. The van der Waals surface area contributed by atoms with Gasteiger partial charge in [0.25, 0.3) is 11.5 Å². The van der Waals surface area contributed by atoms with E-state index in [1.165, 1.54) is 36.4 Å². The maximum atomic E-state index is 13.1. The van der Waals surface area contributed by atoms with E-state index in [1.807, 2.05) is 24.3 Å². The molecule has 3 aromatic rings. The van der Waals surface area contributed by atoms with E-state index in [-0.39, 0.29) is 5.69 Å². The quantitative estimate of drug-likeness (QED) is 0.741. The fourth-order valence-corrected chi connectivity index (χ4v) is 3.25. The fraction of sp³-hybridized carbons (Fsp3) is 0.150. The molecule has 2 aromatic carbocycles. The molecule has 1 heterocycles. The minimum atomic E-state index is -0.798. The number of nitrogens with zero attached hydrogens (tertiary/aromatic N) is 2. The molecule has 136 valence electrons. The molecule has 7 heteroatoms. The van der Waals surface area contributed by atoms with E-state index in [4.69, 9.17) is 0 Å². The Balaban J connectivity index is 1.57. The SMILES string of the molecule is O=C(NC1Cc2ccccc2C1O)c1ccc(=O)n(-c2ccc(F)cc2)n1. The van der Waals surface area contributed by atoms with E-state index in [0.717, 1.165) is 15.8 Å². The first-order valence-electron chi connectivity index (χ1n) is 8.46. The standard InChI is InChI=1S/C20H16FN3O3/c21-13-5-7-14(8-6-13)24-18(25)10-9-16(23-24)20(27)22-17-11-12-3-1-2-4-15(12)19(17)26/h1-10,17,19,26H,11H2,(H,22,27). The number of aliphatic hydroxyl groups is 1. The summed E-state index contributed by atoms with van der Waals surface area (Å²) in [6.45, 7) is 0. The zero-order valence-corrected chi connectivity index (χ0v) is 14.2. The highest BCUT2D eigenvalue weighted by Crippen LogP contribution is 2.31. The first kappa shape index (κ1) is 17.1. The van der Waals surface area contributed by atoms with Gasteiger partial charge in [-0.25, -0.2) is 4.39 Å². The molecule has 1 aromatic heterocycles. The van der Waals surface area contributed by atoms with Crippen molar-refractivity contribution in [3.63, 3.8) is 0 Å². The lowest BCUT2D eigenvalue weighted by atomic mass is 10.1. The van der Waals surface area contributed by atoms with E-state index < -0.39 is 29.4 Å². The lowest BCUT2D eigenvalue weighted by molar-refractivity contribution is 0.0852. The molecule has 2 N–H and O–H groups in total. The first-order chi connectivity index (χ1) is 13.0. The van der Waals surface area contributed by atoms with Gasteiger partial charge in [0.1, 0.15) is 11.5 Å². The number of hydrogen-bond donors (Lipinski definition) is 2. The lowest BCUT2D eigenvalue weighted by Crippen LogP contribution is -2.39. The smallest absolute Gasteiger partial charge is 0.272 e. The third-order valence-electron chi connectivity index (χ3n) is 4.62. The van der Waals surface area contributed by atoms with Crippen molar-refractivity contribution in [2.24, 2.45) is 0 Å². The Morgan fingerprint density at radius 2 is 1.85 bits per heavy atom. The van der Waals surface area contributed by atoms with E-state index in [2.05, 4.69) is 10.4 Å². The second kappa shape index (κ2) is 6.77. The largest absolute Gasteiger partial charge is 0.386 e. The molecule has 0 saturated heterocycles. The molecule has 0 radical (unpaired) electrons. The molecule has 2 atom stereocenters. The summed E-state index contributed by atoms with van der Waals surface area (Å²) >= 11 is 0. The molecule has 27 heavy (non-hydrogen) atoms. The number of nitrogens with one attached hydrogen (secondary N) is 1. The molecular formula is C20H16FN3O3. The predicted molar refractivity (Wildman–Crippen MR) is 96.2 cm³/mol. The Kier molecular flexibility index (Phi) is 4.29. The number of benzene rings is 2. The Morgan fingerprint density at radius 3 is 2.59 bits per heavy atom. The number of halogens is 1. The van der Waals surface area contributed by atoms with Crippen LogP contribution in [0.3, 0.4) is 0 Å². The highest BCUT2D eigenvalue weighted by atomic mass is 19.1. The van der Waals surface area contributed by atoms with E-state index in [1.54, 1.807) is 0 Å². The van der Waals surface area contributed by atoms with Gasteiger partial charge in [0.05, 0.1) is 17.8 Å². The second-order valence-electron chi connectivity index (χ2n) is 6.37. The van der Waals surface area contributed by atoms with Crippen LogP contribution < -0.4 is 10.9 Å². The predicted octanol–water partition coefficient (Wildman–Crippen LogP) is 1.76. The van der Waals surface area contributed by atoms with Crippen LogP contribution in [-0.2, 0) is 6.42 Å². The molecule has 0 aliphatic heterocycles. The van der Waals surface area contributed by atoms with Crippen molar-refractivity contribution in [3.05, 3.63) is 93.7 Å². The number of amides is 1. The van der Waals surface area contributed by atoms with Crippen molar-refractivity contribution in [1.82, 2.24) is 15.1 Å². The third-order valence-corrected chi connectivity index (χ3v) is 4.62. The molecule has 1 aliphatic carbocycles. The van der Waals surface area contributed by atoms with Gasteiger partial charge in [0.15, 0.2) is 0 Å². The summed E-state index contributed by atoms with van der Waals surface area (Å²) in [5, 5.41) is 17.3. The van der Waals surface area contributed by atoms with Gasteiger partial charge in [0, 0.05) is 6.07 Å². The van der Waals surface area contributed by atoms with Gasteiger partial charge in [-0.15, -0.1) is 0 Å². The molecular weight excluding hydrogens is 349 g/mol. The van der Waals surface area contributed by atoms with Gasteiger partial charge >= 0.3 is 0 Å². The highest BCUT2D eigenvalue weighted by Gasteiger charge is 2.32. The Morgan fingerprint density at radius 1 is 1.11 bits per heavy atom. The Bertz CT molecular complexity index is 1060. The second-order valence-corrected chi connectivity index (χ2v) is 6.37. The normalized spacial score (nSPS) is 18.1. The fourth-order valence-electron chi connectivity index (χ4n) is 3.25. The Hall–Kier alpha value is -3.32. The van der Waals surface area contributed by atoms with Crippen molar-refractivity contribution in [3.8, 4) is 5.69 Å². The van der Waals surface area contributed by atoms with Crippen molar-refractivity contribution < 1.29 is 14.3 Å². The monoisotopic (exact) mass is 365 g/mol. The van der Waals surface area contributed by atoms with Crippen LogP contribution in [0.25, 0.3) is 5.69 Å². The third kappa shape index (κ3) is 3.24. The van der Waals surface area contributed by atoms with Crippen LogP contribution in [-0.4, -0.2) is 26.8 Å². The average molecular weight is 365 g/mol. The summed E-state index contributed by atoms with van der Waals surface area (Å²) < 4.78 is 14.1. The zero-order chi connectivity index (χ0) is 19.0. The van der Waals surface area contributed by atoms with E-state index in [0.29, 0.717) is 12.1 Å². The summed E-state index contributed by atoms with van der Waals surface area (Å²) in [4.78, 5) is 24.6. The summed E-state index contributed by atoms with van der Waals surface area (Å²) in [7, 11) is 0. The van der Waals surface area contributed by atoms with Crippen LogP contribution in [0.1, 0.15) is 27.7 Å². The van der Waals surface area contributed by atoms with E-state index in [9.17, 15) is 19.1 Å². The Labute approximate surface area is 153 Å². The molecule has 6 nitrogen and oxygen atoms in total. The molecule has 0 spiro atoms. The number of fused-ring (bicyclic) bond motifs is 1. The van der Waals surface area contributed by atoms with Crippen LogP contribution in [0.15, 0.2) is 65.5 Å². The van der Waals surface area contributed by atoms with Gasteiger partial charge in [0.2, 0.25) is 0 Å². The van der Waals surface area contributed by atoms with Crippen LogP contribution in [0.5, 0.6) is 0 Å². The molecule has 0 fully saturated rings. The molecule has 1 aliphatic rings. The summed E-state index contributed by atoms with van der Waals surface area (Å²) in [6.07, 6.45) is -0.283. The lowest BCUT2D eigenvalue weighted by Gasteiger charge is -2.17. The van der Waals surface area contributed by atoms with Gasteiger partial charge in [-0.3, -0.25) is 9.59 Å². The molecule has 0 saturated carbocycles. The van der Waals surface area contributed by atoms with Crippen LogP contribution in [0.4, 0.5) is 4.39 Å². The van der Waals surface area contributed by atoms with E-state index >= 15 is 0 Å². The van der Waals surface area contributed by atoms with Crippen LogP contribution in [0, 0.1) is 5.82 Å². The summed E-state index contributed by atoms with van der Waals surface area (Å²) in [6, 6.07) is 14.8. The summed E-state index contributed by atoms with van der Waals surface area (Å²) in [5.74, 6) is -0.932. The number of carbonyl (C=O) groups is 1. The number of rotatable bonds is 3. The maximum Gasteiger partial charge on any atom is 0.272 e. The zero-order valence-electron chi connectivity index (χ0n) is 14.2. The van der Waals surface area contributed by atoms with Gasteiger partial charge in [-0.05, 0) is 47.9 Å². The van der Waals surface area contributed by atoms with Gasteiger partial charge in [-0.1, -0.05) is 24.3 Å². The molecule has 1 amide bonds. The number of carbonyl (C=O) groups excluding carboxylic acids is 1. The average Bonchev–Trinajstić information content (AvgIpc) is 2.99. The van der Waals surface area contributed by atoms with Crippen LogP contribution >= 0.6 is 0 Å².